The van der Waals surface area contributed by atoms with Gasteiger partial charge in [-0.2, -0.15) is 4.98 Å². The fourth-order valence-corrected chi connectivity index (χ4v) is 1.31. The van der Waals surface area contributed by atoms with E-state index in [4.69, 9.17) is 9.26 Å². The Labute approximate surface area is 103 Å². The lowest BCUT2D eigenvalue weighted by Crippen LogP contribution is -2.09. The van der Waals surface area contributed by atoms with Gasteiger partial charge < -0.3 is 9.26 Å². The second-order valence-electron chi connectivity index (χ2n) is 3.74. The Morgan fingerprint density at radius 3 is 2.72 bits per heavy atom. The number of methoxy groups -OCH3 is 1. The summed E-state index contributed by atoms with van der Waals surface area (Å²) < 4.78 is 9.67. The molecule has 7 heteroatoms. The summed E-state index contributed by atoms with van der Waals surface area (Å²) in [5.41, 5.74) is 0.942. The first-order valence-electron chi connectivity index (χ1n) is 5.31. The van der Waals surface area contributed by atoms with E-state index in [0.717, 1.165) is 5.56 Å². The van der Waals surface area contributed by atoms with Crippen molar-refractivity contribution in [1.82, 2.24) is 20.1 Å². The molecule has 0 radical (unpaired) electrons. The van der Waals surface area contributed by atoms with E-state index >= 15 is 0 Å². The SMILES string of the molecule is COCC(=O)Cc1nc(-c2ncc(C)cn2)no1. The minimum atomic E-state index is -0.127. The van der Waals surface area contributed by atoms with Gasteiger partial charge in [0.15, 0.2) is 5.78 Å². The van der Waals surface area contributed by atoms with Crippen LogP contribution in [-0.4, -0.2) is 39.6 Å². The van der Waals surface area contributed by atoms with Crippen molar-refractivity contribution in [2.75, 3.05) is 13.7 Å². The van der Waals surface area contributed by atoms with Crippen molar-refractivity contribution >= 4 is 5.78 Å². The number of ketones is 1. The van der Waals surface area contributed by atoms with Gasteiger partial charge in [0.2, 0.25) is 17.5 Å². The quantitative estimate of drug-likeness (QED) is 0.764. The van der Waals surface area contributed by atoms with E-state index in [1.165, 1.54) is 7.11 Å². The van der Waals surface area contributed by atoms with E-state index in [-0.39, 0.29) is 30.5 Å². The fraction of sp³-hybridized carbons (Fsp3) is 0.364. The topological polar surface area (TPSA) is 91.0 Å². The molecule has 0 N–H and O–H groups in total. The van der Waals surface area contributed by atoms with Gasteiger partial charge in [-0.05, 0) is 12.5 Å². The van der Waals surface area contributed by atoms with Gasteiger partial charge in [-0.1, -0.05) is 5.16 Å². The number of carbonyl (C=O) groups is 1. The van der Waals surface area contributed by atoms with Crippen molar-refractivity contribution in [2.45, 2.75) is 13.3 Å². The summed E-state index contributed by atoms with van der Waals surface area (Å²) in [4.78, 5) is 23.5. The molecule has 0 saturated carbocycles. The number of ether oxygens (including phenoxy) is 1. The lowest BCUT2D eigenvalue weighted by molar-refractivity contribution is -0.122. The Morgan fingerprint density at radius 2 is 2.06 bits per heavy atom. The summed E-state index contributed by atoms with van der Waals surface area (Å²) >= 11 is 0. The molecule has 0 aliphatic carbocycles. The highest BCUT2D eigenvalue weighted by Crippen LogP contribution is 2.10. The molecule has 0 saturated heterocycles. The molecule has 94 valence electrons. The minimum Gasteiger partial charge on any atom is -0.377 e. The van der Waals surface area contributed by atoms with Crippen LogP contribution in [0.15, 0.2) is 16.9 Å². The van der Waals surface area contributed by atoms with Crippen molar-refractivity contribution in [2.24, 2.45) is 0 Å². The zero-order valence-electron chi connectivity index (χ0n) is 10.1. The highest BCUT2D eigenvalue weighted by atomic mass is 16.5. The number of Topliss-reactive ketones (excluding diaryl/α,β-unsaturated/α-hetero) is 1. The molecule has 0 aliphatic rings. The van der Waals surface area contributed by atoms with Crippen LogP contribution in [0.2, 0.25) is 0 Å². The molecule has 2 heterocycles. The average molecular weight is 248 g/mol. The molecule has 0 amide bonds. The molecule has 2 aromatic rings. The first-order chi connectivity index (χ1) is 8.69. The van der Waals surface area contributed by atoms with Gasteiger partial charge in [0, 0.05) is 19.5 Å². The molecule has 0 spiro atoms. The van der Waals surface area contributed by atoms with Gasteiger partial charge >= 0.3 is 0 Å². The molecule has 7 nitrogen and oxygen atoms in total. The van der Waals surface area contributed by atoms with Crippen LogP contribution in [0.5, 0.6) is 0 Å². The molecular formula is C11H12N4O3. The predicted molar refractivity (Wildman–Crippen MR) is 60.6 cm³/mol. The van der Waals surface area contributed by atoms with Crippen LogP contribution in [0.4, 0.5) is 0 Å². The molecule has 0 atom stereocenters. The van der Waals surface area contributed by atoms with Crippen LogP contribution in [0.25, 0.3) is 11.6 Å². The highest BCUT2D eigenvalue weighted by molar-refractivity contribution is 5.81. The number of rotatable bonds is 5. The number of nitrogens with zero attached hydrogens (tertiary/aromatic N) is 4. The Balaban J connectivity index is 2.10. The van der Waals surface area contributed by atoms with E-state index < -0.39 is 0 Å². The van der Waals surface area contributed by atoms with E-state index in [9.17, 15) is 4.79 Å². The molecule has 18 heavy (non-hydrogen) atoms. The first-order valence-corrected chi connectivity index (χ1v) is 5.31. The molecule has 0 aromatic carbocycles. The second kappa shape index (κ2) is 5.46. The van der Waals surface area contributed by atoms with Gasteiger partial charge in [0.05, 0.1) is 6.42 Å². The van der Waals surface area contributed by atoms with Gasteiger partial charge in [-0.25, -0.2) is 9.97 Å². The van der Waals surface area contributed by atoms with Gasteiger partial charge in [-0.3, -0.25) is 4.79 Å². The third kappa shape index (κ3) is 2.95. The van der Waals surface area contributed by atoms with Crippen LogP contribution in [-0.2, 0) is 16.0 Å². The van der Waals surface area contributed by atoms with Crippen molar-refractivity contribution in [3.05, 3.63) is 23.8 Å². The minimum absolute atomic E-state index is 0.0265. The smallest absolute Gasteiger partial charge is 0.240 e. The highest BCUT2D eigenvalue weighted by Gasteiger charge is 2.13. The Kier molecular flexibility index (Phi) is 3.73. The maximum Gasteiger partial charge on any atom is 0.240 e. The third-order valence-corrected chi connectivity index (χ3v) is 2.10. The Morgan fingerprint density at radius 1 is 1.33 bits per heavy atom. The maximum absolute atomic E-state index is 11.3. The maximum atomic E-state index is 11.3. The first kappa shape index (κ1) is 12.3. The summed E-state index contributed by atoms with van der Waals surface area (Å²) in [5, 5.41) is 3.73. The van der Waals surface area contributed by atoms with E-state index in [1.807, 2.05) is 6.92 Å². The molecule has 2 aromatic heterocycles. The van der Waals surface area contributed by atoms with E-state index in [2.05, 4.69) is 20.1 Å². The average Bonchev–Trinajstić information content (AvgIpc) is 2.78. The van der Waals surface area contributed by atoms with Crippen LogP contribution in [0.3, 0.4) is 0 Å². The number of hydrogen-bond donors (Lipinski definition) is 0. The van der Waals surface area contributed by atoms with Gasteiger partial charge in [0.25, 0.3) is 0 Å². The number of carbonyl (C=O) groups excluding carboxylic acids is 1. The van der Waals surface area contributed by atoms with E-state index in [1.54, 1.807) is 12.4 Å². The van der Waals surface area contributed by atoms with Crippen LogP contribution in [0.1, 0.15) is 11.5 Å². The Bertz CT molecular complexity index is 535. The molecule has 0 unspecified atom stereocenters. The summed E-state index contributed by atoms with van der Waals surface area (Å²) in [7, 11) is 1.46. The number of aromatic nitrogens is 4. The van der Waals surface area contributed by atoms with Crippen LogP contribution >= 0.6 is 0 Å². The lowest BCUT2D eigenvalue weighted by Gasteiger charge is -1.93. The predicted octanol–water partition coefficient (Wildman–Crippen LogP) is 0.593. The zero-order chi connectivity index (χ0) is 13.0. The zero-order valence-corrected chi connectivity index (χ0v) is 10.1. The molecule has 0 bridgehead atoms. The normalized spacial score (nSPS) is 10.6. The largest absolute Gasteiger partial charge is 0.377 e. The van der Waals surface area contributed by atoms with Crippen molar-refractivity contribution in [3.8, 4) is 11.6 Å². The number of aryl methyl sites for hydroxylation is 1. The summed E-state index contributed by atoms with van der Waals surface area (Å²) in [6, 6.07) is 0. The molecule has 0 fully saturated rings. The fourth-order valence-electron chi connectivity index (χ4n) is 1.31. The van der Waals surface area contributed by atoms with Crippen molar-refractivity contribution in [1.29, 1.82) is 0 Å². The van der Waals surface area contributed by atoms with Crippen molar-refractivity contribution < 1.29 is 14.1 Å². The van der Waals surface area contributed by atoms with Gasteiger partial charge in [0.1, 0.15) is 6.61 Å². The van der Waals surface area contributed by atoms with E-state index in [0.29, 0.717) is 5.82 Å². The molecular weight excluding hydrogens is 236 g/mol. The van der Waals surface area contributed by atoms with Gasteiger partial charge in [-0.15, -0.1) is 0 Å². The second-order valence-corrected chi connectivity index (χ2v) is 3.74. The molecule has 2 rings (SSSR count). The Hall–Kier alpha value is -2.15. The lowest BCUT2D eigenvalue weighted by atomic mass is 10.3. The summed E-state index contributed by atoms with van der Waals surface area (Å²) in [6.45, 7) is 1.91. The standard InChI is InChI=1S/C11H12N4O3/c1-7-4-12-10(13-5-7)11-14-9(18-15-11)3-8(16)6-17-2/h4-5H,3,6H2,1-2H3. The van der Waals surface area contributed by atoms with Crippen LogP contribution in [0, 0.1) is 6.92 Å². The van der Waals surface area contributed by atoms with Crippen LogP contribution < -0.4 is 0 Å². The third-order valence-electron chi connectivity index (χ3n) is 2.10. The number of hydrogen-bond acceptors (Lipinski definition) is 7. The van der Waals surface area contributed by atoms with Crippen molar-refractivity contribution in [3.63, 3.8) is 0 Å². The summed E-state index contributed by atoms with van der Waals surface area (Å²) in [5.74, 6) is 0.749. The summed E-state index contributed by atoms with van der Waals surface area (Å²) in [6.07, 6.45) is 3.37. The monoisotopic (exact) mass is 248 g/mol. The molecule has 0 aliphatic heterocycles.